The van der Waals surface area contributed by atoms with E-state index < -0.39 is 0 Å². The number of hydrogen-bond donors (Lipinski definition) is 0. The van der Waals surface area contributed by atoms with Crippen molar-refractivity contribution in [3.8, 4) is 0 Å². The fourth-order valence-electron chi connectivity index (χ4n) is 4.13. The zero-order chi connectivity index (χ0) is 19.6. The number of aromatic nitrogens is 2. The van der Waals surface area contributed by atoms with Crippen molar-refractivity contribution in [2.24, 2.45) is 0 Å². The quantitative estimate of drug-likeness (QED) is 0.553. The van der Waals surface area contributed by atoms with Crippen molar-refractivity contribution in [1.29, 1.82) is 0 Å². The number of carbonyl (C=O) groups excluding carboxylic acids is 1. The topological polar surface area (TPSA) is 39.4 Å². The fourth-order valence-corrected chi connectivity index (χ4v) is 4.59. The lowest BCUT2D eigenvalue weighted by Gasteiger charge is -2.29. The molecule has 6 heteroatoms. The maximum absolute atomic E-state index is 11.8. The van der Waals surface area contributed by atoms with E-state index in [0.29, 0.717) is 25.6 Å². The number of nitrogens with zero attached hydrogens (tertiary/aromatic N) is 3. The molecular formula is C21H29N3O2S. The van der Waals surface area contributed by atoms with Gasteiger partial charge in [0, 0.05) is 26.7 Å². The van der Waals surface area contributed by atoms with E-state index in [0.717, 1.165) is 35.5 Å². The molecule has 1 heterocycles. The molecule has 1 aromatic heterocycles. The van der Waals surface area contributed by atoms with Crippen LogP contribution in [0.5, 0.6) is 0 Å². The molecule has 0 aliphatic heterocycles. The first-order valence-electron chi connectivity index (χ1n) is 9.65. The smallest absolute Gasteiger partial charge is 0.307 e. The van der Waals surface area contributed by atoms with Crippen LogP contribution in [-0.4, -0.2) is 35.8 Å². The minimum absolute atomic E-state index is 0.176. The molecule has 2 aromatic rings. The number of imidazole rings is 1. The van der Waals surface area contributed by atoms with Gasteiger partial charge in [-0.1, -0.05) is 24.3 Å². The second-order valence-corrected chi connectivity index (χ2v) is 7.69. The van der Waals surface area contributed by atoms with Gasteiger partial charge in [-0.25, -0.2) is 0 Å². The van der Waals surface area contributed by atoms with Crippen molar-refractivity contribution >= 4 is 24.0 Å². The second kappa shape index (κ2) is 8.30. The third-order valence-electron chi connectivity index (χ3n) is 5.35. The molecule has 3 rings (SSSR count). The first kappa shape index (κ1) is 19.7. The summed E-state index contributed by atoms with van der Waals surface area (Å²) in [6, 6.07) is 9.03. The van der Waals surface area contributed by atoms with E-state index in [9.17, 15) is 4.79 Å². The summed E-state index contributed by atoms with van der Waals surface area (Å²) in [6.45, 7) is 4.88. The van der Waals surface area contributed by atoms with Crippen molar-refractivity contribution in [2.45, 2.75) is 52.1 Å². The molecule has 1 unspecified atom stereocenters. The Morgan fingerprint density at radius 3 is 2.67 bits per heavy atom. The SMILES string of the molecule is CCOC(=O)CCn1c(C)c(N(C)C)n(C2CCc3ccccc3C2)c1=S. The van der Waals surface area contributed by atoms with Crippen molar-refractivity contribution in [2.75, 3.05) is 25.6 Å². The first-order valence-corrected chi connectivity index (χ1v) is 10.1. The van der Waals surface area contributed by atoms with Crippen LogP contribution in [0.15, 0.2) is 24.3 Å². The summed E-state index contributed by atoms with van der Waals surface area (Å²) >= 11 is 5.86. The van der Waals surface area contributed by atoms with E-state index >= 15 is 0 Å². The van der Waals surface area contributed by atoms with E-state index in [-0.39, 0.29) is 5.97 Å². The number of fused-ring (bicyclic) bond motifs is 1. The number of ether oxygens (including phenoxy) is 1. The van der Waals surface area contributed by atoms with E-state index in [1.54, 1.807) is 0 Å². The lowest BCUT2D eigenvalue weighted by molar-refractivity contribution is -0.143. The molecule has 1 aliphatic rings. The summed E-state index contributed by atoms with van der Waals surface area (Å²) in [6.07, 6.45) is 3.48. The minimum atomic E-state index is -0.176. The molecular weight excluding hydrogens is 358 g/mol. The summed E-state index contributed by atoms with van der Waals surface area (Å²) in [5.74, 6) is 0.956. The third-order valence-corrected chi connectivity index (χ3v) is 5.77. The highest BCUT2D eigenvalue weighted by Crippen LogP contribution is 2.34. The van der Waals surface area contributed by atoms with Gasteiger partial charge in [0.15, 0.2) is 4.77 Å². The molecule has 1 aromatic carbocycles. The number of hydrogen-bond acceptors (Lipinski definition) is 4. The number of benzene rings is 1. The third kappa shape index (κ3) is 3.95. The molecule has 1 aliphatic carbocycles. The molecule has 0 saturated heterocycles. The average molecular weight is 388 g/mol. The Balaban J connectivity index is 1.94. The maximum Gasteiger partial charge on any atom is 0.307 e. The first-order chi connectivity index (χ1) is 12.9. The van der Waals surface area contributed by atoms with E-state index in [4.69, 9.17) is 17.0 Å². The Morgan fingerprint density at radius 2 is 2.00 bits per heavy atom. The van der Waals surface area contributed by atoms with Crippen molar-refractivity contribution in [3.05, 3.63) is 45.9 Å². The largest absolute Gasteiger partial charge is 0.466 e. The van der Waals surface area contributed by atoms with Gasteiger partial charge in [0.2, 0.25) is 0 Å². The van der Waals surface area contributed by atoms with Crippen LogP contribution in [0.3, 0.4) is 0 Å². The highest BCUT2D eigenvalue weighted by Gasteiger charge is 2.26. The Morgan fingerprint density at radius 1 is 1.30 bits per heavy atom. The average Bonchev–Trinajstić information content (AvgIpc) is 2.90. The Labute approximate surface area is 166 Å². The zero-order valence-corrected chi connectivity index (χ0v) is 17.5. The lowest BCUT2D eigenvalue weighted by Crippen LogP contribution is -2.23. The highest BCUT2D eigenvalue weighted by atomic mass is 32.1. The Kier molecular flexibility index (Phi) is 6.05. The molecule has 1 atom stereocenters. The van der Waals surface area contributed by atoms with Crippen molar-refractivity contribution < 1.29 is 9.53 Å². The highest BCUT2D eigenvalue weighted by molar-refractivity contribution is 7.71. The second-order valence-electron chi connectivity index (χ2n) is 7.33. The molecule has 27 heavy (non-hydrogen) atoms. The van der Waals surface area contributed by atoms with Crippen LogP contribution < -0.4 is 4.90 Å². The van der Waals surface area contributed by atoms with Crippen LogP contribution in [0.25, 0.3) is 0 Å². The normalized spacial score (nSPS) is 16.1. The van der Waals surface area contributed by atoms with Crippen LogP contribution in [0.1, 0.15) is 42.6 Å². The maximum atomic E-state index is 11.8. The molecule has 0 spiro atoms. The van der Waals surface area contributed by atoms with Gasteiger partial charge >= 0.3 is 5.97 Å². The number of aryl methyl sites for hydroxylation is 1. The molecule has 0 fully saturated rings. The number of carbonyl (C=O) groups is 1. The number of anilines is 1. The van der Waals surface area contributed by atoms with Gasteiger partial charge in [0.1, 0.15) is 5.82 Å². The molecule has 0 bridgehead atoms. The molecule has 0 radical (unpaired) electrons. The predicted octanol–water partition coefficient (Wildman–Crippen LogP) is 4.08. The lowest BCUT2D eigenvalue weighted by atomic mass is 9.88. The minimum Gasteiger partial charge on any atom is -0.466 e. The van der Waals surface area contributed by atoms with Crippen LogP contribution in [0.2, 0.25) is 0 Å². The predicted molar refractivity (Wildman–Crippen MR) is 111 cm³/mol. The molecule has 0 N–H and O–H groups in total. The van der Waals surface area contributed by atoms with Gasteiger partial charge in [0.05, 0.1) is 18.7 Å². The molecule has 146 valence electrons. The summed E-state index contributed by atoms with van der Waals surface area (Å²) < 4.78 is 10.3. The zero-order valence-electron chi connectivity index (χ0n) is 16.7. The summed E-state index contributed by atoms with van der Waals surface area (Å²) in [4.78, 5) is 13.9. The van der Waals surface area contributed by atoms with Crippen LogP contribution in [0, 0.1) is 11.7 Å². The van der Waals surface area contributed by atoms with Gasteiger partial charge in [-0.2, -0.15) is 0 Å². The van der Waals surface area contributed by atoms with Gasteiger partial charge in [-0.05, 0) is 56.5 Å². The summed E-state index contributed by atoms with van der Waals surface area (Å²) in [5.41, 5.74) is 3.97. The molecule has 0 saturated carbocycles. The summed E-state index contributed by atoms with van der Waals surface area (Å²) in [7, 11) is 4.11. The summed E-state index contributed by atoms with van der Waals surface area (Å²) in [5, 5.41) is 0. The Bertz CT molecular complexity index is 882. The van der Waals surface area contributed by atoms with Crippen LogP contribution >= 0.6 is 12.2 Å². The van der Waals surface area contributed by atoms with Crippen LogP contribution in [0.4, 0.5) is 5.82 Å². The molecule has 0 amide bonds. The van der Waals surface area contributed by atoms with Gasteiger partial charge in [-0.15, -0.1) is 0 Å². The van der Waals surface area contributed by atoms with E-state index in [2.05, 4.69) is 59.3 Å². The van der Waals surface area contributed by atoms with Gasteiger partial charge in [-0.3, -0.25) is 9.36 Å². The van der Waals surface area contributed by atoms with Gasteiger partial charge in [0.25, 0.3) is 0 Å². The van der Waals surface area contributed by atoms with Crippen molar-refractivity contribution in [1.82, 2.24) is 9.13 Å². The molecule has 5 nitrogen and oxygen atoms in total. The Hall–Kier alpha value is -2.08. The van der Waals surface area contributed by atoms with Crippen LogP contribution in [-0.2, 0) is 28.9 Å². The van der Waals surface area contributed by atoms with Crippen molar-refractivity contribution in [3.63, 3.8) is 0 Å². The number of rotatable bonds is 6. The van der Waals surface area contributed by atoms with Gasteiger partial charge < -0.3 is 14.2 Å². The fraction of sp³-hybridized carbons (Fsp3) is 0.524. The monoisotopic (exact) mass is 387 g/mol. The number of esters is 1. The van der Waals surface area contributed by atoms with E-state index in [1.807, 2.05) is 6.92 Å². The standard InChI is InChI=1S/C21H29N3O2S/c1-5-26-19(25)12-13-23-15(2)20(22(3)4)24(21(23)27)18-11-10-16-8-6-7-9-17(16)14-18/h6-9,18H,5,10-14H2,1-4H3. The van der Waals surface area contributed by atoms with E-state index in [1.165, 1.54) is 11.1 Å².